The van der Waals surface area contributed by atoms with Gasteiger partial charge in [-0.15, -0.1) is 0 Å². The number of nitrogens with zero attached hydrogens (tertiary/aromatic N) is 1. The molecule has 0 bridgehead atoms. The van der Waals surface area contributed by atoms with Gasteiger partial charge in [0, 0.05) is 12.6 Å². The zero-order valence-corrected chi connectivity index (χ0v) is 18.8. The van der Waals surface area contributed by atoms with Crippen molar-refractivity contribution in [3.63, 3.8) is 0 Å². The molecule has 0 atom stereocenters. The van der Waals surface area contributed by atoms with E-state index in [4.69, 9.17) is 13.9 Å². The van der Waals surface area contributed by atoms with Crippen molar-refractivity contribution in [2.75, 3.05) is 16.8 Å². The van der Waals surface area contributed by atoms with Gasteiger partial charge in [-0.2, -0.15) is 0 Å². The van der Waals surface area contributed by atoms with Crippen molar-refractivity contribution >= 4 is 41.0 Å². The van der Waals surface area contributed by atoms with Gasteiger partial charge in [0.2, 0.25) is 5.91 Å². The summed E-state index contributed by atoms with van der Waals surface area (Å²) in [4.78, 5) is 62.5. The molecule has 0 radical (unpaired) electrons. The van der Waals surface area contributed by atoms with Gasteiger partial charge < -0.3 is 19.2 Å². The maximum atomic E-state index is 13.0. The van der Waals surface area contributed by atoms with Crippen LogP contribution in [0.25, 0.3) is 0 Å². The van der Waals surface area contributed by atoms with E-state index in [1.165, 1.54) is 49.6 Å². The van der Waals surface area contributed by atoms with E-state index in [0.29, 0.717) is 11.4 Å². The van der Waals surface area contributed by atoms with Crippen molar-refractivity contribution in [1.82, 2.24) is 0 Å². The molecule has 4 rings (SSSR count). The lowest BCUT2D eigenvalue weighted by atomic mass is 10.1. The van der Waals surface area contributed by atoms with Crippen LogP contribution in [0.4, 0.5) is 11.4 Å². The van der Waals surface area contributed by atoms with Gasteiger partial charge in [0.15, 0.2) is 12.4 Å². The van der Waals surface area contributed by atoms with Crippen LogP contribution in [-0.2, 0) is 20.9 Å². The highest BCUT2D eigenvalue weighted by Gasteiger charge is 2.37. The summed E-state index contributed by atoms with van der Waals surface area (Å²) in [7, 11) is 0. The monoisotopic (exact) mass is 476 g/mol. The highest BCUT2D eigenvalue weighted by molar-refractivity contribution is 6.34. The number of benzene rings is 2. The molecule has 10 nitrogen and oxygen atoms in total. The summed E-state index contributed by atoms with van der Waals surface area (Å²) in [5, 5.41) is 2.61. The Morgan fingerprint density at radius 2 is 1.63 bits per heavy atom. The third-order valence-corrected chi connectivity index (χ3v) is 5.14. The molecule has 3 aromatic rings. The van der Waals surface area contributed by atoms with Crippen LogP contribution in [0.2, 0.25) is 0 Å². The lowest BCUT2D eigenvalue weighted by molar-refractivity contribution is -0.114. The van der Waals surface area contributed by atoms with E-state index in [9.17, 15) is 24.0 Å². The number of amides is 3. The number of imide groups is 1. The topological polar surface area (TPSA) is 132 Å². The van der Waals surface area contributed by atoms with Crippen molar-refractivity contribution in [2.45, 2.75) is 20.5 Å². The molecule has 3 amide bonds. The number of furan rings is 1. The third-order valence-electron chi connectivity index (χ3n) is 5.14. The molecule has 178 valence electrons. The number of fused-ring (bicyclic) bond motifs is 1. The fourth-order valence-electron chi connectivity index (χ4n) is 3.56. The van der Waals surface area contributed by atoms with Gasteiger partial charge in [-0.05, 0) is 55.5 Å². The summed E-state index contributed by atoms with van der Waals surface area (Å²) in [6, 6.07) is 11.7. The molecule has 0 saturated heterocycles. The quantitative estimate of drug-likeness (QED) is 0.404. The minimum Gasteiger partial charge on any atom is -0.465 e. The first kappa shape index (κ1) is 23.4. The Labute approximate surface area is 199 Å². The third kappa shape index (κ3) is 4.67. The number of anilines is 2. The van der Waals surface area contributed by atoms with E-state index < -0.39 is 23.8 Å². The van der Waals surface area contributed by atoms with Crippen molar-refractivity contribution in [2.24, 2.45) is 0 Å². The first-order valence-electron chi connectivity index (χ1n) is 10.6. The SMILES string of the molecule is CCOC(=O)c1ccoc1COC(=O)c1ccc2c(c1)C(=O)N(c1ccc(NC(C)=O)cc1)C2=O. The molecule has 1 aliphatic heterocycles. The summed E-state index contributed by atoms with van der Waals surface area (Å²) in [6.45, 7) is 2.90. The van der Waals surface area contributed by atoms with Crippen LogP contribution in [0.5, 0.6) is 0 Å². The van der Waals surface area contributed by atoms with E-state index in [1.807, 2.05) is 0 Å². The minimum atomic E-state index is -0.766. The summed E-state index contributed by atoms with van der Waals surface area (Å²) in [5.41, 5.74) is 1.24. The largest absolute Gasteiger partial charge is 0.465 e. The van der Waals surface area contributed by atoms with Crippen molar-refractivity contribution in [3.8, 4) is 0 Å². The van der Waals surface area contributed by atoms with Gasteiger partial charge in [0.25, 0.3) is 11.8 Å². The molecule has 0 fully saturated rings. The highest BCUT2D eigenvalue weighted by Crippen LogP contribution is 2.30. The Kier molecular flexibility index (Phi) is 6.45. The van der Waals surface area contributed by atoms with E-state index in [2.05, 4.69) is 5.32 Å². The van der Waals surface area contributed by atoms with E-state index in [-0.39, 0.29) is 47.1 Å². The molecule has 0 spiro atoms. The number of ether oxygens (including phenoxy) is 2. The predicted molar refractivity (Wildman–Crippen MR) is 122 cm³/mol. The molecule has 1 aliphatic rings. The fourth-order valence-corrected chi connectivity index (χ4v) is 3.56. The predicted octanol–water partition coefficient (Wildman–Crippen LogP) is 3.57. The lowest BCUT2D eigenvalue weighted by Crippen LogP contribution is -2.29. The Hall–Kier alpha value is -4.73. The van der Waals surface area contributed by atoms with Crippen LogP contribution in [0.1, 0.15) is 61.0 Å². The number of nitrogens with one attached hydrogen (secondary N) is 1. The number of carbonyl (C=O) groups is 5. The normalized spacial score (nSPS) is 12.3. The average Bonchev–Trinajstić information content (AvgIpc) is 3.40. The standard InChI is InChI=1S/C25H20N2O8/c1-3-33-25(32)19-10-11-34-21(19)13-35-24(31)15-4-9-18-20(12-15)23(30)27(22(18)29)17-7-5-16(6-8-17)26-14(2)28/h4-12H,3,13H2,1-2H3,(H,26,28). The molecule has 0 saturated carbocycles. The number of rotatable bonds is 7. The smallest absolute Gasteiger partial charge is 0.341 e. The highest BCUT2D eigenvalue weighted by atomic mass is 16.5. The Balaban J connectivity index is 1.49. The van der Waals surface area contributed by atoms with Gasteiger partial charge in [-0.3, -0.25) is 14.4 Å². The number of esters is 2. The first-order valence-corrected chi connectivity index (χ1v) is 10.6. The second kappa shape index (κ2) is 9.64. The van der Waals surface area contributed by atoms with Gasteiger partial charge in [-0.25, -0.2) is 14.5 Å². The maximum Gasteiger partial charge on any atom is 0.341 e. The van der Waals surface area contributed by atoms with Crippen molar-refractivity contribution in [3.05, 3.63) is 82.8 Å². The summed E-state index contributed by atoms with van der Waals surface area (Å²) in [5.74, 6) is -2.62. The molecule has 2 aromatic carbocycles. The minimum absolute atomic E-state index is 0.0528. The molecule has 1 aromatic heterocycles. The van der Waals surface area contributed by atoms with Crippen LogP contribution in [-0.4, -0.2) is 36.3 Å². The maximum absolute atomic E-state index is 13.0. The second-order valence-electron chi connectivity index (χ2n) is 7.49. The van der Waals surface area contributed by atoms with Gasteiger partial charge in [0.1, 0.15) is 5.56 Å². The van der Waals surface area contributed by atoms with E-state index >= 15 is 0 Å². The van der Waals surface area contributed by atoms with Gasteiger partial charge in [-0.1, -0.05) is 0 Å². The van der Waals surface area contributed by atoms with E-state index in [0.717, 1.165) is 4.90 Å². The molecule has 0 aliphatic carbocycles. The lowest BCUT2D eigenvalue weighted by Gasteiger charge is -2.14. The second-order valence-corrected chi connectivity index (χ2v) is 7.49. The Bertz CT molecular complexity index is 1340. The Morgan fingerprint density at radius 3 is 2.31 bits per heavy atom. The number of hydrogen-bond acceptors (Lipinski definition) is 8. The first-order chi connectivity index (χ1) is 16.8. The molecule has 2 heterocycles. The number of carbonyl (C=O) groups excluding carboxylic acids is 5. The van der Waals surface area contributed by atoms with Crippen molar-refractivity contribution in [1.29, 1.82) is 0 Å². The molecule has 1 N–H and O–H groups in total. The summed E-state index contributed by atoms with van der Waals surface area (Å²) < 4.78 is 15.4. The molecule has 10 heteroatoms. The fraction of sp³-hybridized carbons (Fsp3) is 0.160. The molecular weight excluding hydrogens is 456 g/mol. The zero-order valence-electron chi connectivity index (χ0n) is 18.8. The average molecular weight is 476 g/mol. The van der Waals surface area contributed by atoms with Crippen LogP contribution < -0.4 is 10.2 Å². The van der Waals surface area contributed by atoms with E-state index in [1.54, 1.807) is 19.1 Å². The van der Waals surface area contributed by atoms with Gasteiger partial charge in [0.05, 0.1) is 35.2 Å². The molecule has 35 heavy (non-hydrogen) atoms. The zero-order chi connectivity index (χ0) is 25.1. The Morgan fingerprint density at radius 1 is 0.914 bits per heavy atom. The molecular formula is C25H20N2O8. The summed E-state index contributed by atoms with van der Waals surface area (Å²) >= 11 is 0. The van der Waals surface area contributed by atoms with Crippen LogP contribution in [0.15, 0.2) is 59.2 Å². The summed E-state index contributed by atoms with van der Waals surface area (Å²) in [6.07, 6.45) is 1.28. The van der Waals surface area contributed by atoms with Crippen molar-refractivity contribution < 1.29 is 37.9 Å². The van der Waals surface area contributed by atoms with Crippen LogP contribution >= 0.6 is 0 Å². The van der Waals surface area contributed by atoms with Crippen LogP contribution in [0, 0.1) is 0 Å². The van der Waals surface area contributed by atoms with Gasteiger partial charge >= 0.3 is 11.9 Å². The van der Waals surface area contributed by atoms with Crippen LogP contribution in [0.3, 0.4) is 0 Å². The molecule has 0 unspecified atom stereocenters. The number of hydrogen-bond donors (Lipinski definition) is 1.